The molecular formula is C7H11N3O3S. The quantitative estimate of drug-likeness (QED) is 0.678. The number of hydrogen-bond acceptors (Lipinski definition) is 6. The van der Waals surface area contributed by atoms with E-state index in [0.29, 0.717) is 16.9 Å². The first-order chi connectivity index (χ1) is 6.63. The fraction of sp³-hybridized carbons (Fsp3) is 0.571. The van der Waals surface area contributed by atoms with Gasteiger partial charge in [-0.25, -0.2) is 0 Å². The van der Waals surface area contributed by atoms with E-state index in [2.05, 4.69) is 15.5 Å². The molecule has 0 aromatic carbocycles. The topological polar surface area (TPSA) is 88.3 Å². The number of hydrogen-bond donors (Lipinski definition) is 2. The summed E-state index contributed by atoms with van der Waals surface area (Å²) < 4.78 is 5.08. The average molecular weight is 217 g/mol. The van der Waals surface area contributed by atoms with Gasteiger partial charge >= 0.3 is 5.97 Å². The Hall–Kier alpha value is -1.08. The number of carboxylic acids is 1. The SMILES string of the molecule is CNC(CSc1nnc(C)o1)C(=O)O. The molecule has 14 heavy (non-hydrogen) atoms. The summed E-state index contributed by atoms with van der Waals surface area (Å²) in [6.07, 6.45) is 0. The van der Waals surface area contributed by atoms with Crippen LogP contribution >= 0.6 is 11.8 Å². The highest BCUT2D eigenvalue weighted by Gasteiger charge is 2.16. The van der Waals surface area contributed by atoms with Crippen LogP contribution in [0, 0.1) is 6.92 Å². The number of aryl methyl sites for hydroxylation is 1. The van der Waals surface area contributed by atoms with Crippen LogP contribution in [0.1, 0.15) is 5.89 Å². The zero-order valence-electron chi connectivity index (χ0n) is 7.85. The van der Waals surface area contributed by atoms with Crippen molar-refractivity contribution in [1.82, 2.24) is 15.5 Å². The largest absolute Gasteiger partial charge is 0.480 e. The lowest BCUT2D eigenvalue weighted by atomic mass is 10.3. The van der Waals surface area contributed by atoms with Crippen LogP contribution in [-0.2, 0) is 4.79 Å². The first-order valence-electron chi connectivity index (χ1n) is 3.96. The molecule has 0 bridgehead atoms. The first-order valence-corrected chi connectivity index (χ1v) is 4.95. The molecule has 1 rings (SSSR count). The Labute approximate surface area is 85.1 Å². The molecule has 1 aromatic rings. The summed E-state index contributed by atoms with van der Waals surface area (Å²) in [7, 11) is 1.60. The lowest BCUT2D eigenvalue weighted by Crippen LogP contribution is -2.35. The van der Waals surface area contributed by atoms with Gasteiger partial charge in [0.25, 0.3) is 5.22 Å². The monoisotopic (exact) mass is 217 g/mol. The molecule has 1 heterocycles. The lowest BCUT2D eigenvalue weighted by molar-refractivity contribution is -0.138. The van der Waals surface area contributed by atoms with E-state index in [0.717, 1.165) is 0 Å². The maximum atomic E-state index is 10.6. The molecule has 0 saturated carbocycles. The van der Waals surface area contributed by atoms with Gasteiger partial charge in [0.2, 0.25) is 5.89 Å². The van der Waals surface area contributed by atoms with E-state index in [1.165, 1.54) is 11.8 Å². The number of thioether (sulfide) groups is 1. The predicted octanol–water partition coefficient (Wildman–Crippen LogP) is 0.143. The van der Waals surface area contributed by atoms with Gasteiger partial charge in [-0.2, -0.15) is 0 Å². The average Bonchev–Trinajstić information content (AvgIpc) is 2.52. The number of aromatic nitrogens is 2. The molecule has 0 fully saturated rings. The van der Waals surface area contributed by atoms with Crippen molar-refractivity contribution in [2.45, 2.75) is 18.2 Å². The highest BCUT2D eigenvalue weighted by Crippen LogP contribution is 2.16. The van der Waals surface area contributed by atoms with E-state index in [9.17, 15) is 4.79 Å². The summed E-state index contributed by atoms with van der Waals surface area (Å²) in [5, 5.41) is 19.1. The standard InChI is InChI=1S/C7H11N3O3S/c1-4-9-10-7(13-4)14-3-5(8-2)6(11)12/h5,8H,3H2,1-2H3,(H,11,12). The molecule has 7 heteroatoms. The van der Waals surface area contributed by atoms with Gasteiger partial charge in [0.15, 0.2) is 0 Å². The molecule has 2 N–H and O–H groups in total. The minimum absolute atomic E-state index is 0.355. The fourth-order valence-electron chi connectivity index (χ4n) is 0.769. The summed E-state index contributed by atoms with van der Waals surface area (Å²) in [4.78, 5) is 10.6. The van der Waals surface area contributed by atoms with Gasteiger partial charge in [-0.05, 0) is 7.05 Å². The number of aliphatic carboxylic acids is 1. The maximum Gasteiger partial charge on any atom is 0.321 e. The Morgan fingerprint density at radius 3 is 2.86 bits per heavy atom. The molecule has 0 aliphatic heterocycles. The van der Waals surface area contributed by atoms with Crippen molar-refractivity contribution in [1.29, 1.82) is 0 Å². The Balaban J connectivity index is 2.43. The molecule has 1 aromatic heterocycles. The minimum atomic E-state index is -0.892. The molecule has 1 atom stereocenters. The van der Waals surface area contributed by atoms with Crippen molar-refractivity contribution in [3.63, 3.8) is 0 Å². The molecule has 0 saturated heterocycles. The van der Waals surface area contributed by atoms with Crippen LogP contribution in [0.2, 0.25) is 0 Å². The predicted molar refractivity (Wildman–Crippen MR) is 50.2 cm³/mol. The smallest absolute Gasteiger partial charge is 0.321 e. The molecule has 0 radical (unpaired) electrons. The van der Waals surface area contributed by atoms with Gasteiger partial charge < -0.3 is 14.8 Å². The van der Waals surface area contributed by atoms with E-state index in [4.69, 9.17) is 9.52 Å². The van der Waals surface area contributed by atoms with Gasteiger partial charge in [-0.1, -0.05) is 11.8 Å². The van der Waals surface area contributed by atoms with Crippen LogP contribution < -0.4 is 5.32 Å². The third-order valence-electron chi connectivity index (χ3n) is 1.53. The van der Waals surface area contributed by atoms with Crippen LogP contribution in [0.4, 0.5) is 0 Å². The van der Waals surface area contributed by atoms with Crippen molar-refractivity contribution in [2.24, 2.45) is 0 Å². The van der Waals surface area contributed by atoms with Crippen LogP contribution in [0.25, 0.3) is 0 Å². The van der Waals surface area contributed by atoms with Crippen LogP contribution in [-0.4, -0.2) is 40.1 Å². The van der Waals surface area contributed by atoms with Crippen molar-refractivity contribution in [2.75, 3.05) is 12.8 Å². The third-order valence-corrected chi connectivity index (χ3v) is 2.44. The maximum absolute atomic E-state index is 10.6. The molecular weight excluding hydrogens is 206 g/mol. The Bertz CT molecular complexity index is 315. The molecule has 6 nitrogen and oxygen atoms in total. The third kappa shape index (κ3) is 3.00. The van der Waals surface area contributed by atoms with Crippen molar-refractivity contribution < 1.29 is 14.3 Å². The molecule has 0 spiro atoms. The number of likely N-dealkylation sites (N-methyl/N-ethyl adjacent to an activating group) is 1. The summed E-state index contributed by atoms with van der Waals surface area (Å²) in [5.41, 5.74) is 0. The van der Waals surface area contributed by atoms with Crippen LogP contribution in [0.15, 0.2) is 9.64 Å². The Kier molecular flexibility index (Phi) is 3.90. The second kappa shape index (κ2) is 4.97. The number of rotatable bonds is 5. The molecule has 78 valence electrons. The molecule has 0 aliphatic rings. The van der Waals surface area contributed by atoms with Gasteiger partial charge in [-0.3, -0.25) is 4.79 Å². The van der Waals surface area contributed by atoms with Crippen LogP contribution in [0.5, 0.6) is 0 Å². The van der Waals surface area contributed by atoms with E-state index in [-0.39, 0.29) is 0 Å². The van der Waals surface area contributed by atoms with E-state index in [1.54, 1.807) is 14.0 Å². The van der Waals surface area contributed by atoms with Crippen molar-refractivity contribution in [3.8, 4) is 0 Å². The Morgan fingerprint density at radius 1 is 1.71 bits per heavy atom. The van der Waals surface area contributed by atoms with Crippen LogP contribution in [0.3, 0.4) is 0 Å². The zero-order chi connectivity index (χ0) is 10.6. The minimum Gasteiger partial charge on any atom is -0.480 e. The number of carboxylic acid groups (broad SMARTS) is 1. The second-order valence-corrected chi connectivity index (χ2v) is 3.55. The van der Waals surface area contributed by atoms with Gasteiger partial charge in [0.05, 0.1) is 0 Å². The number of nitrogens with zero attached hydrogens (tertiary/aromatic N) is 2. The van der Waals surface area contributed by atoms with Crippen molar-refractivity contribution in [3.05, 3.63) is 5.89 Å². The summed E-state index contributed by atoms with van der Waals surface area (Å²) in [6.45, 7) is 1.68. The number of carbonyl (C=O) groups is 1. The Morgan fingerprint density at radius 2 is 2.43 bits per heavy atom. The van der Waals surface area contributed by atoms with Crippen molar-refractivity contribution >= 4 is 17.7 Å². The highest BCUT2D eigenvalue weighted by molar-refractivity contribution is 7.99. The van der Waals surface area contributed by atoms with Gasteiger partial charge in [-0.15, -0.1) is 10.2 Å². The first kappa shape index (κ1) is 11.0. The number of nitrogens with one attached hydrogen (secondary N) is 1. The highest BCUT2D eigenvalue weighted by atomic mass is 32.2. The summed E-state index contributed by atoms with van der Waals surface area (Å²) >= 11 is 1.22. The second-order valence-electron chi connectivity index (χ2n) is 2.58. The molecule has 1 unspecified atom stereocenters. The van der Waals surface area contributed by atoms with Gasteiger partial charge in [0.1, 0.15) is 6.04 Å². The lowest BCUT2D eigenvalue weighted by Gasteiger charge is -2.07. The van der Waals surface area contributed by atoms with E-state index < -0.39 is 12.0 Å². The summed E-state index contributed by atoms with van der Waals surface area (Å²) in [5.74, 6) is -0.0620. The molecule has 0 amide bonds. The fourth-order valence-corrected chi connectivity index (χ4v) is 1.67. The zero-order valence-corrected chi connectivity index (χ0v) is 8.67. The van der Waals surface area contributed by atoms with E-state index in [1.807, 2.05) is 0 Å². The van der Waals surface area contributed by atoms with E-state index >= 15 is 0 Å². The summed E-state index contributed by atoms with van der Waals surface area (Å²) in [6, 6.07) is -0.604. The van der Waals surface area contributed by atoms with Gasteiger partial charge in [0, 0.05) is 12.7 Å². The molecule has 0 aliphatic carbocycles. The normalized spacial score (nSPS) is 12.7.